The lowest BCUT2D eigenvalue weighted by Gasteiger charge is -2.05. The van der Waals surface area contributed by atoms with Crippen LogP contribution < -0.4 is 4.74 Å². The van der Waals surface area contributed by atoms with Crippen molar-refractivity contribution in [2.45, 2.75) is 26.9 Å². The van der Waals surface area contributed by atoms with Crippen LogP contribution in [-0.2, 0) is 22.6 Å². The number of carbonyl (C=O) groups is 1. The Kier molecular flexibility index (Phi) is 5.79. The zero-order valence-electron chi connectivity index (χ0n) is 17.5. The molecule has 2 aromatic heterocycles. The first-order valence-electron chi connectivity index (χ1n) is 9.78. The maximum absolute atomic E-state index is 12.4. The van der Waals surface area contributed by atoms with Gasteiger partial charge in [-0.15, -0.1) is 0 Å². The van der Waals surface area contributed by atoms with Gasteiger partial charge in [0, 0.05) is 16.8 Å². The molecule has 0 radical (unpaired) electrons. The topological polar surface area (TPSA) is 92.3 Å². The summed E-state index contributed by atoms with van der Waals surface area (Å²) in [6.07, 6.45) is 0.115. The molecule has 0 amide bonds. The predicted molar refractivity (Wildman–Crippen MR) is 113 cm³/mol. The lowest BCUT2D eigenvalue weighted by Crippen LogP contribution is -2.09. The monoisotopic (exact) mass is 418 g/mol. The quantitative estimate of drug-likeness (QED) is 0.421. The van der Waals surface area contributed by atoms with Gasteiger partial charge >= 0.3 is 5.97 Å². The zero-order chi connectivity index (χ0) is 21.8. The fourth-order valence-electron chi connectivity index (χ4n) is 3.26. The van der Waals surface area contributed by atoms with E-state index in [4.69, 9.17) is 14.0 Å². The fraction of sp³-hybridized carbons (Fsp3) is 0.217. The van der Waals surface area contributed by atoms with Crippen molar-refractivity contribution in [1.82, 2.24) is 19.9 Å². The molecule has 4 aromatic rings. The summed E-state index contributed by atoms with van der Waals surface area (Å²) in [4.78, 5) is 16.7. The molecule has 0 N–H and O–H groups in total. The summed E-state index contributed by atoms with van der Waals surface area (Å²) in [5.74, 6) is 1.00. The number of aromatic nitrogens is 4. The van der Waals surface area contributed by atoms with Crippen molar-refractivity contribution in [1.29, 1.82) is 0 Å². The summed E-state index contributed by atoms with van der Waals surface area (Å²) in [5, 5.41) is 8.50. The Balaban J connectivity index is 1.39. The Morgan fingerprint density at radius 1 is 1.06 bits per heavy atom. The second-order valence-corrected chi connectivity index (χ2v) is 6.97. The van der Waals surface area contributed by atoms with Gasteiger partial charge in [0.2, 0.25) is 5.82 Å². The maximum atomic E-state index is 12.4. The first-order chi connectivity index (χ1) is 15.0. The van der Waals surface area contributed by atoms with Crippen LogP contribution in [0.4, 0.5) is 0 Å². The fourth-order valence-corrected chi connectivity index (χ4v) is 3.26. The highest BCUT2D eigenvalue weighted by molar-refractivity contribution is 5.73. The summed E-state index contributed by atoms with van der Waals surface area (Å²) in [6.45, 7) is 3.73. The van der Waals surface area contributed by atoms with Gasteiger partial charge in [0.05, 0.1) is 24.9 Å². The molecular formula is C23H22N4O4. The second kappa shape index (κ2) is 8.83. The summed E-state index contributed by atoms with van der Waals surface area (Å²) in [6, 6.07) is 17.1. The van der Waals surface area contributed by atoms with Crippen molar-refractivity contribution in [3.8, 4) is 22.8 Å². The number of hydrogen-bond acceptors (Lipinski definition) is 7. The van der Waals surface area contributed by atoms with Crippen LogP contribution in [0.3, 0.4) is 0 Å². The van der Waals surface area contributed by atoms with E-state index in [0.717, 1.165) is 34.0 Å². The highest BCUT2D eigenvalue weighted by Gasteiger charge is 2.18. The van der Waals surface area contributed by atoms with E-state index >= 15 is 0 Å². The van der Waals surface area contributed by atoms with E-state index in [1.165, 1.54) is 0 Å². The average Bonchev–Trinajstić information content (AvgIpc) is 3.39. The van der Waals surface area contributed by atoms with Crippen molar-refractivity contribution in [2.24, 2.45) is 0 Å². The Morgan fingerprint density at radius 3 is 2.52 bits per heavy atom. The molecule has 4 rings (SSSR count). The van der Waals surface area contributed by atoms with Gasteiger partial charge in [-0.05, 0) is 50.2 Å². The molecule has 8 nitrogen and oxygen atoms in total. The minimum Gasteiger partial charge on any atom is -0.497 e. The number of rotatable bonds is 7. The van der Waals surface area contributed by atoms with Crippen LogP contribution in [0.2, 0.25) is 0 Å². The number of carbonyl (C=O) groups excluding carboxylic acids is 1. The second-order valence-electron chi connectivity index (χ2n) is 6.97. The molecule has 0 aliphatic heterocycles. The number of esters is 1. The van der Waals surface area contributed by atoms with Gasteiger partial charge in [0.25, 0.3) is 5.89 Å². The Morgan fingerprint density at radius 2 is 1.81 bits per heavy atom. The molecule has 0 bridgehead atoms. The molecule has 2 aromatic carbocycles. The molecule has 0 aliphatic rings. The van der Waals surface area contributed by atoms with Gasteiger partial charge < -0.3 is 14.0 Å². The van der Waals surface area contributed by atoms with E-state index in [2.05, 4.69) is 15.2 Å². The summed E-state index contributed by atoms with van der Waals surface area (Å²) >= 11 is 0. The average molecular weight is 418 g/mol. The van der Waals surface area contributed by atoms with Gasteiger partial charge in [0.1, 0.15) is 5.75 Å². The van der Waals surface area contributed by atoms with Crippen LogP contribution in [0.15, 0.2) is 59.1 Å². The minimum atomic E-state index is -0.386. The van der Waals surface area contributed by atoms with Gasteiger partial charge in [-0.25, -0.2) is 4.68 Å². The largest absolute Gasteiger partial charge is 0.497 e. The number of methoxy groups -OCH3 is 1. The zero-order valence-corrected chi connectivity index (χ0v) is 17.5. The Bertz CT molecular complexity index is 1180. The lowest BCUT2D eigenvalue weighted by molar-refractivity contribution is -0.144. The normalized spacial score (nSPS) is 10.8. The van der Waals surface area contributed by atoms with Gasteiger partial charge in [-0.3, -0.25) is 4.79 Å². The van der Waals surface area contributed by atoms with Gasteiger partial charge in [-0.1, -0.05) is 23.4 Å². The third kappa shape index (κ3) is 4.48. The van der Waals surface area contributed by atoms with E-state index in [9.17, 15) is 4.79 Å². The molecule has 0 unspecified atom stereocenters. The number of nitrogens with zero attached hydrogens (tertiary/aromatic N) is 4. The number of para-hydroxylation sites is 1. The van der Waals surface area contributed by atoms with Crippen molar-refractivity contribution in [3.63, 3.8) is 0 Å². The molecule has 2 heterocycles. The predicted octanol–water partition coefficient (Wildman–Crippen LogP) is 3.83. The van der Waals surface area contributed by atoms with Crippen molar-refractivity contribution >= 4 is 5.97 Å². The van der Waals surface area contributed by atoms with Gasteiger partial charge in [0.15, 0.2) is 6.61 Å². The van der Waals surface area contributed by atoms with Crippen molar-refractivity contribution in [3.05, 3.63) is 77.4 Å². The molecular weight excluding hydrogens is 396 g/mol. The number of hydrogen-bond donors (Lipinski definition) is 0. The number of benzene rings is 2. The summed E-state index contributed by atoms with van der Waals surface area (Å²) < 4.78 is 17.5. The van der Waals surface area contributed by atoms with Crippen LogP contribution in [0, 0.1) is 13.8 Å². The molecule has 158 valence electrons. The van der Waals surface area contributed by atoms with E-state index in [1.807, 2.05) is 73.1 Å². The van der Waals surface area contributed by atoms with E-state index in [0.29, 0.717) is 5.82 Å². The SMILES string of the molecule is COc1ccc(-c2noc(COC(=O)Cc3c(C)nn(-c4ccccc4)c3C)n2)cc1. The summed E-state index contributed by atoms with van der Waals surface area (Å²) in [7, 11) is 1.60. The molecule has 0 spiro atoms. The Labute approximate surface area is 179 Å². The third-order valence-corrected chi connectivity index (χ3v) is 4.94. The van der Waals surface area contributed by atoms with Crippen LogP contribution in [0.1, 0.15) is 22.8 Å². The summed E-state index contributed by atoms with van der Waals surface area (Å²) in [5.41, 5.74) is 4.26. The van der Waals surface area contributed by atoms with Crippen molar-refractivity contribution in [2.75, 3.05) is 7.11 Å². The lowest BCUT2D eigenvalue weighted by atomic mass is 10.1. The minimum absolute atomic E-state index is 0.0904. The van der Waals surface area contributed by atoms with Crippen LogP contribution in [-0.4, -0.2) is 33.0 Å². The van der Waals surface area contributed by atoms with Crippen LogP contribution in [0.5, 0.6) is 5.75 Å². The molecule has 0 fully saturated rings. The smallest absolute Gasteiger partial charge is 0.310 e. The Hall–Kier alpha value is -3.94. The molecule has 0 aliphatic carbocycles. The number of aryl methyl sites for hydroxylation is 1. The standard InChI is InChI=1S/C23H22N4O4/c1-15-20(16(2)27(25-15)18-7-5-4-6-8-18)13-22(28)30-14-21-24-23(26-31-21)17-9-11-19(29-3)12-10-17/h4-12H,13-14H2,1-3H3. The highest BCUT2D eigenvalue weighted by atomic mass is 16.6. The van der Waals surface area contributed by atoms with Gasteiger partial charge in [-0.2, -0.15) is 10.1 Å². The highest BCUT2D eigenvalue weighted by Crippen LogP contribution is 2.21. The van der Waals surface area contributed by atoms with Crippen LogP contribution in [0.25, 0.3) is 17.1 Å². The first-order valence-corrected chi connectivity index (χ1v) is 9.78. The number of ether oxygens (including phenoxy) is 2. The van der Waals surface area contributed by atoms with E-state index < -0.39 is 0 Å². The third-order valence-electron chi connectivity index (χ3n) is 4.94. The van der Waals surface area contributed by atoms with Crippen molar-refractivity contribution < 1.29 is 18.8 Å². The molecule has 31 heavy (non-hydrogen) atoms. The maximum Gasteiger partial charge on any atom is 0.310 e. The molecule has 0 saturated heterocycles. The van der Waals surface area contributed by atoms with Crippen LogP contribution >= 0.6 is 0 Å². The molecule has 8 heteroatoms. The molecule has 0 atom stereocenters. The molecule has 0 saturated carbocycles. The first kappa shape index (κ1) is 20.3. The van der Waals surface area contributed by atoms with E-state index in [-0.39, 0.29) is 24.9 Å². The van der Waals surface area contributed by atoms with E-state index in [1.54, 1.807) is 7.11 Å².